The molecule has 5 unspecified atom stereocenters. The van der Waals surface area contributed by atoms with Crippen LogP contribution in [0.4, 0.5) is 0 Å². The van der Waals surface area contributed by atoms with Gasteiger partial charge >= 0.3 is 39.5 Å². The van der Waals surface area contributed by atoms with Crippen LogP contribution in [0.1, 0.15) is 312 Å². The van der Waals surface area contributed by atoms with Crippen LogP contribution < -0.4 is 0 Å². The second-order valence-corrected chi connectivity index (χ2v) is 27.8. The number of carbonyl (C=O) groups is 4. The molecule has 0 rings (SSSR count). The number of phosphoric acid groups is 2. The number of aliphatic hydroxyl groups excluding tert-OH is 1. The van der Waals surface area contributed by atoms with Crippen LogP contribution in [-0.2, 0) is 65.4 Å². The van der Waals surface area contributed by atoms with Crippen molar-refractivity contribution < 1.29 is 80.2 Å². The molecule has 0 amide bonds. The van der Waals surface area contributed by atoms with Gasteiger partial charge in [-0.25, -0.2) is 9.13 Å². The van der Waals surface area contributed by atoms with Crippen LogP contribution >= 0.6 is 15.6 Å². The third kappa shape index (κ3) is 56.6. The highest BCUT2D eigenvalue weighted by Gasteiger charge is 2.30. The number of phosphoric ester groups is 2. The molecule has 0 bridgehead atoms. The van der Waals surface area contributed by atoms with E-state index in [9.17, 15) is 43.2 Å². The van der Waals surface area contributed by atoms with E-state index in [1.807, 2.05) is 0 Å². The lowest BCUT2D eigenvalue weighted by Crippen LogP contribution is -2.30. The predicted octanol–water partition coefficient (Wildman–Crippen LogP) is 17.8. The van der Waals surface area contributed by atoms with Crippen LogP contribution in [0.3, 0.4) is 0 Å². The molecular weight excluding hydrogens is 1110 g/mol. The molecule has 0 aromatic carbocycles. The van der Waals surface area contributed by atoms with Gasteiger partial charge in [-0.2, -0.15) is 0 Å². The summed E-state index contributed by atoms with van der Waals surface area (Å²) in [6, 6.07) is 0. The third-order valence-corrected chi connectivity index (χ3v) is 17.4. The Morgan fingerprint density at radius 3 is 0.845 bits per heavy atom. The summed E-state index contributed by atoms with van der Waals surface area (Å²) >= 11 is 0. The first-order valence-electron chi connectivity index (χ1n) is 33.8. The van der Waals surface area contributed by atoms with Gasteiger partial charge in [0, 0.05) is 25.7 Å². The molecule has 0 radical (unpaired) electrons. The van der Waals surface area contributed by atoms with Gasteiger partial charge in [0.15, 0.2) is 12.2 Å². The van der Waals surface area contributed by atoms with Crippen molar-refractivity contribution in [2.24, 2.45) is 23.7 Å². The lowest BCUT2D eigenvalue weighted by molar-refractivity contribution is -0.161. The largest absolute Gasteiger partial charge is 0.472 e. The Bertz CT molecular complexity index is 1680. The molecule has 0 saturated heterocycles. The average Bonchev–Trinajstić information content (AvgIpc) is 3.45. The summed E-state index contributed by atoms with van der Waals surface area (Å²) in [6.45, 7) is 14.0. The zero-order valence-corrected chi connectivity index (χ0v) is 56.3. The van der Waals surface area contributed by atoms with E-state index in [4.69, 9.17) is 37.0 Å². The van der Waals surface area contributed by atoms with Crippen molar-refractivity contribution in [2.75, 3.05) is 39.6 Å². The summed E-state index contributed by atoms with van der Waals surface area (Å²) in [5.41, 5.74) is 0. The number of ether oxygens (including phenoxy) is 4. The van der Waals surface area contributed by atoms with Crippen LogP contribution in [0.15, 0.2) is 0 Å². The highest BCUT2D eigenvalue weighted by Crippen LogP contribution is 2.45. The molecule has 0 spiro atoms. The summed E-state index contributed by atoms with van der Waals surface area (Å²) in [5.74, 6) is 0.800. The summed E-state index contributed by atoms with van der Waals surface area (Å²) in [6.07, 6.45) is 34.9. The van der Waals surface area contributed by atoms with Gasteiger partial charge in [0.05, 0.1) is 26.4 Å². The number of aliphatic hydroxyl groups is 1. The van der Waals surface area contributed by atoms with Crippen molar-refractivity contribution in [3.8, 4) is 0 Å². The molecule has 498 valence electrons. The average molecular weight is 1240 g/mol. The van der Waals surface area contributed by atoms with Crippen molar-refractivity contribution in [3.63, 3.8) is 0 Å². The van der Waals surface area contributed by atoms with E-state index in [2.05, 4.69) is 55.4 Å². The Labute approximate surface area is 511 Å². The van der Waals surface area contributed by atoms with Gasteiger partial charge < -0.3 is 33.8 Å². The lowest BCUT2D eigenvalue weighted by atomic mass is 9.99. The normalized spacial score (nSPS) is 15.1. The fourth-order valence-electron chi connectivity index (χ4n) is 9.54. The minimum atomic E-state index is -4.95. The fourth-order valence-corrected chi connectivity index (χ4v) is 11.1. The standard InChI is InChI=1S/C65H126O17P2/c1-9-57(7)43-35-27-18-12-15-21-30-38-46-63(68)76-52-61(82-65(70)48-40-32-24-23-26-34-42-56(5)6)54-80-84(73,74)78-50-59(66)49-77-83(71,72)79-53-60(51-75-62(67)45-37-29-20-14-11-17-25-33-41-55(3)4)81-64(69)47-39-31-22-16-13-19-28-36-44-58(8)10-2/h55-61,66H,9-54H2,1-8H3,(H,71,72)(H,73,74)/t57?,58?,59?,60-,61-/m1/s1. The van der Waals surface area contributed by atoms with Gasteiger partial charge in [-0.15, -0.1) is 0 Å². The van der Waals surface area contributed by atoms with Crippen LogP contribution in [0.2, 0.25) is 0 Å². The van der Waals surface area contributed by atoms with Crippen molar-refractivity contribution in [1.29, 1.82) is 0 Å². The predicted molar refractivity (Wildman–Crippen MR) is 335 cm³/mol. The summed E-state index contributed by atoms with van der Waals surface area (Å²) in [7, 11) is -9.89. The molecule has 84 heavy (non-hydrogen) atoms. The first-order valence-corrected chi connectivity index (χ1v) is 36.8. The van der Waals surface area contributed by atoms with Crippen molar-refractivity contribution in [3.05, 3.63) is 0 Å². The lowest BCUT2D eigenvalue weighted by Gasteiger charge is -2.21. The smallest absolute Gasteiger partial charge is 0.462 e. The van der Waals surface area contributed by atoms with Gasteiger partial charge in [0.1, 0.15) is 19.3 Å². The maximum atomic E-state index is 13.0. The number of esters is 4. The molecule has 0 aromatic heterocycles. The zero-order chi connectivity index (χ0) is 62.5. The zero-order valence-electron chi connectivity index (χ0n) is 54.5. The summed E-state index contributed by atoms with van der Waals surface area (Å²) < 4.78 is 68.0. The minimum Gasteiger partial charge on any atom is -0.462 e. The quantitative estimate of drug-likeness (QED) is 0.0222. The molecule has 0 aromatic rings. The van der Waals surface area contributed by atoms with Crippen LogP contribution in [0, 0.1) is 23.7 Å². The van der Waals surface area contributed by atoms with Crippen molar-refractivity contribution in [2.45, 2.75) is 331 Å². The number of carbonyl (C=O) groups excluding carboxylic acids is 4. The van der Waals surface area contributed by atoms with Gasteiger partial charge in [-0.3, -0.25) is 37.3 Å². The van der Waals surface area contributed by atoms with Gasteiger partial charge in [0.2, 0.25) is 0 Å². The monoisotopic (exact) mass is 1240 g/mol. The van der Waals surface area contributed by atoms with E-state index < -0.39 is 97.5 Å². The SMILES string of the molecule is CCC(C)CCCCCCCCCCC(=O)OC[C@H](COP(=O)(O)OCC(O)COP(=O)(O)OC[C@@H](COC(=O)CCCCCCCCCCC(C)C)OC(=O)CCCCCCCCCCC(C)CC)OC(=O)CCCCCCCCC(C)C. The first-order chi connectivity index (χ1) is 40.2. The van der Waals surface area contributed by atoms with Crippen LogP contribution in [0.25, 0.3) is 0 Å². The van der Waals surface area contributed by atoms with E-state index in [1.165, 1.54) is 116 Å². The maximum Gasteiger partial charge on any atom is 0.472 e. The molecule has 0 aliphatic heterocycles. The summed E-state index contributed by atoms with van der Waals surface area (Å²) in [4.78, 5) is 72.3. The second kappa shape index (κ2) is 55.2. The van der Waals surface area contributed by atoms with Crippen molar-refractivity contribution in [1.82, 2.24) is 0 Å². The van der Waals surface area contributed by atoms with Crippen LogP contribution in [0.5, 0.6) is 0 Å². The Morgan fingerprint density at radius 2 is 0.571 bits per heavy atom. The molecule has 7 atom stereocenters. The van der Waals surface area contributed by atoms with E-state index in [0.717, 1.165) is 108 Å². The molecule has 0 aliphatic rings. The molecule has 3 N–H and O–H groups in total. The van der Waals surface area contributed by atoms with Gasteiger partial charge in [-0.1, -0.05) is 261 Å². The highest BCUT2D eigenvalue weighted by molar-refractivity contribution is 7.47. The second-order valence-electron chi connectivity index (χ2n) is 24.9. The van der Waals surface area contributed by atoms with Gasteiger partial charge in [-0.05, 0) is 49.4 Å². The Morgan fingerprint density at radius 1 is 0.333 bits per heavy atom. The fraction of sp³-hybridized carbons (Fsp3) is 0.938. The number of rotatable bonds is 62. The number of hydrogen-bond donors (Lipinski definition) is 3. The molecule has 0 aliphatic carbocycles. The molecule has 0 saturated carbocycles. The topological polar surface area (TPSA) is 237 Å². The van der Waals surface area contributed by atoms with E-state index in [0.29, 0.717) is 31.6 Å². The maximum absolute atomic E-state index is 13.0. The Hall–Kier alpha value is -1.94. The summed E-state index contributed by atoms with van der Waals surface area (Å²) in [5, 5.41) is 10.5. The van der Waals surface area contributed by atoms with Gasteiger partial charge in [0.25, 0.3) is 0 Å². The first kappa shape index (κ1) is 82.1. The Balaban J connectivity index is 5.25. The number of hydrogen-bond acceptors (Lipinski definition) is 15. The van der Waals surface area contributed by atoms with E-state index in [-0.39, 0.29) is 25.7 Å². The molecule has 17 nitrogen and oxygen atoms in total. The molecule has 0 heterocycles. The molecular formula is C65H126O17P2. The Kier molecular flexibility index (Phi) is 53.9. The minimum absolute atomic E-state index is 0.101. The molecule has 19 heteroatoms. The number of unbranched alkanes of at least 4 members (excludes halogenated alkanes) is 26. The van der Waals surface area contributed by atoms with Crippen molar-refractivity contribution >= 4 is 39.5 Å². The molecule has 0 fully saturated rings. The van der Waals surface area contributed by atoms with Crippen LogP contribution in [-0.4, -0.2) is 96.7 Å². The van der Waals surface area contributed by atoms with E-state index in [1.54, 1.807) is 0 Å². The van der Waals surface area contributed by atoms with E-state index >= 15 is 0 Å². The highest BCUT2D eigenvalue weighted by atomic mass is 31.2. The third-order valence-electron chi connectivity index (χ3n) is 15.5.